The zero-order valence-corrected chi connectivity index (χ0v) is 12.0. The maximum atomic E-state index is 13.9. The molecule has 2 amide bonds. The van der Waals surface area contributed by atoms with Crippen molar-refractivity contribution >= 4 is 11.8 Å². The van der Waals surface area contributed by atoms with Crippen molar-refractivity contribution in [2.45, 2.75) is 18.4 Å². The first-order valence-electron chi connectivity index (χ1n) is 6.83. The Morgan fingerprint density at radius 2 is 2.09 bits per heavy atom. The van der Waals surface area contributed by atoms with Crippen molar-refractivity contribution in [2.75, 3.05) is 12.4 Å². The number of carbonyl (C=O) groups is 1. The van der Waals surface area contributed by atoms with Crippen molar-refractivity contribution in [2.24, 2.45) is 0 Å². The zero-order valence-electron chi connectivity index (χ0n) is 12.0. The van der Waals surface area contributed by atoms with E-state index in [1.54, 1.807) is 18.2 Å². The normalized spacial score (nSPS) is 15.0. The SMILES string of the molecule is COc1cc(NC(=O)NC2(c3ccccc3F)CC2)ncn1. The Kier molecular flexibility index (Phi) is 3.62. The van der Waals surface area contributed by atoms with Crippen molar-refractivity contribution in [3.8, 4) is 5.88 Å². The Morgan fingerprint density at radius 3 is 2.77 bits per heavy atom. The smallest absolute Gasteiger partial charge is 0.321 e. The molecule has 6 nitrogen and oxygen atoms in total. The minimum absolute atomic E-state index is 0.314. The molecule has 22 heavy (non-hydrogen) atoms. The summed E-state index contributed by atoms with van der Waals surface area (Å²) in [6, 6.07) is 7.53. The summed E-state index contributed by atoms with van der Waals surface area (Å²) >= 11 is 0. The monoisotopic (exact) mass is 302 g/mol. The second kappa shape index (κ2) is 5.59. The Balaban J connectivity index is 1.70. The van der Waals surface area contributed by atoms with E-state index in [1.165, 1.54) is 25.6 Å². The van der Waals surface area contributed by atoms with Crippen molar-refractivity contribution < 1.29 is 13.9 Å². The number of rotatable bonds is 4. The topological polar surface area (TPSA) is 76.1 Å². The molecule has 1 aromatic heterocycles. The van der Waals surface area contributed by atoms with Crippen molar-refractivity contribution in [1.82, 2.24) is 15.3 Å². The predicted molar refractivity (Wildman–Crippen MR) is 78.1 cm³/mol. The molecule has 1 fully saturated rings. The lowest BCUT2D eigenvalue weighted by Crippen LogP contribution is -2.38. The van der Waals surface area contributed by atoms with Crippen LogP contribution in [0.15, 0.2) is 36.7 Å². The predicted octanol–water partition coefficient (Wildman–Crippen LogP) is 2.44. The van der Waals surface area contributed by atoms with Gasteiger partial charge in [0.15, 0.2) is 0 Å². The Hall–Kier alpha value is -2.70. The number of nitrogens with zero attached hydrogens (tertiary/aromatic N) is 2. The molecular weight excluding hydrogens is 287 g/mol. The Labute approximate surface area is 126 Å². The number of benzene rings is 1. The maximum absolute atomic E-state index is 13.9. The lowest BCUT2D eigenvalue weighted by Gasteiger charge is -2.18. The average Bonchev–Trinajstić information content (AvgIpc) is 3.28. The van der Waals surface area contributed by atoms with Gasteiger partial charge in [0.2, 0.25) is 5.88 Å². The summed E-state index contributed by atoms with van der Waals surface area (Å²) in [5.74, 6) is 0.346. The van der Waals surface area contributed by atoms with E-state index >= 15 is 0 Å². The van der Waals surface area contributed by atoms with E-state index in [-0.39, 0.29) is 5.82 Å². The molecule has 0 unspecified atom stereocenters. The van der Waals surface area contributed by atoms with Crippen LogP contribution in [0.3, 0.4) is 0 Å². The highest BCUT2D eigenvalue weighted by Gasteiger charge is 2.47. The molecule has 0 radical (unpaired) electrons. The fourth-order valence-corrected chi connectivity index (χ4v) is 2.32. The van der Waals surface area contributed by atoms with Gasteiger partial charge in [-0.2, -0.15) is 0 Å². The fraction of sp³-hybridized carbons (Fsp3) is 0.267. The molecule has 7 heteroatoms. The molecule has 1 heterocycles. The summed E-state index contributed by atoms with van der Waals surface area (Å²) in [6.45, 7) is 0. The number of anilines is 1. The zero-order chi connectivity index (χ0) is 15.6. The molecular formula is C15H15FN4O2. The second-order valence-corrected chi connectivity index (χ2v) is 5.09. The van der Waals surface area contributed by atoms with Crippen LogP contribution in [0, 0.1) is 5.82 Å². The van der Waals surface area contributed by atoms with E-state index in [2.05, 4.69) is 20.6 Å². The van der Waals surface area contributed by atoms with Crippen LogP contribution in [-0.2, 0) is 5.54 Å². The quantitative estimate of drug-likeness (QED) is 0.909. The minimum Gasteiger partial charge on any atom is -0.481 e. The van der Waals surface area contributed by atoms with Gasteiger partial charge in [-0.05, 0) is 18.9 Å². The molecule has 2 aromatic rings. The Morgan fingerprint density at radius 1 is 1.32 bits per heavy atom. The van der Waals surface area contributed by atoms with E-state index in [4.69, 9.17) is 4.74 Å². The standard InChI is InChI=1S/C15H15FN4O2/c1-22-13-8-12(17-9-18-13)19-14(21)20-15(6-7-15)10-4-2-3-5-11(10)16/h2-5,8-9H,6-7H2,1H3,(H2,17,18,19,20,21). The van der Waals surface area contributed by atoms with Gasteiger partial charge in [0.05, 0.1) is 12.6 Å². The molecule has 0 atom stereocenters. The molecule has 2 N–H and O–H groups in total. The number of methoxy groups -OCH3 is 1. The lowest BCUT2D eigenvalue weighted by molar-refractivity contribution is 0.247. The first-order valence-corrected chi connectivity index (χ1v) is 6.83. The van der Waals surface area contributed by atoms with E-state index in [9.17, 15) is 9.18 Å². The first kappa shape index (κ1) is 14.2. The van der Waals surface area contributed by atoms with E-state index < -0.39 is 11.6 Å². The third kappa shape index (κ3) is 2.83. The van der Waals surface area contributed by atoms with Gasteiger partial charge in [0.1, 0.15) is 18.0 Å². The third-order valence-electron chi connectivity index (χ3n) is 3.58. The van der Waals surface area contributed by atoms with Crippen LogP contribution in [0.4, 0.5) is 15.0 Å². The number of hydrogen-bond acceptors (Lipinski definition) is 4. The molecule has 0 saturated heterocycles. The molecule has 0 bridgehead atoms. The van der Waals surface area contributed by atoms with Crippen molar-refractivity contribution in [3.05, 3.63) is 48.0 Å². The molecule has 3 rings (SSSR count). The van der Waals surface area contributed by atoms with Gasteiger partial charge in [-0.3, -0.25) is 5.32 Å². The number of nitrogens with one attached hydrogen (secondary N) is 2. The van der Waals surface area contributed by atoms with E-state index in [0.717, 1.165) is 0 Å². The molecule has 1 aliphatic rings. The van der Waals surface area contributed by atoms with Crippen LogP contribution in [0.25, 0.3) is 0 Å². The summed E-state index contributed by atoms with van der Waals surface area (Å²) < 4.78 is 18.9. The highest BCUT2D eigenvalue weighted by atomic mass is 19.1. The molecule has 0 spiro atoms. The number of carbonyl (C=O) groups excluding carboxylic acids is 1. The minimum atomic E-state index is -0.632. The number of urea groups is 1. The van der Waals surface area contributed by atoms with Gasteiger partial charge in [-0.1, -0.05) is 18.2 Å². The molecule has 1 saturated carbocycles. The average molecular weight is 302 g/mol. The second-order valence-electron chi connectivity index (χ2n) is 5.09. The first-order chi connectivity index (χ1) is 10.6. The van der Waals surface area contributed by atoms with Crippen LogP contribution < -0.4 is 15.4 Å². The van der Waals surface area contributed by atoms with Gasteiger partial charge in [0.25, 0.3) is 0 Å². The molecule has 0 aliphatic heterocycles. The number of aromatic nitrogens is 2. The number of amides is 2. The van der Waals surface area contributed by atoms with Crippen LogP contribution in [-0.4, -0.2) is 23.1 Å². The number of hydrogen-bond donors (Lipinski definition) is 2. The fourth-order valence-electron chi connectivity index (χ4n) is 2.32. The van der Waals surface area contributed by atoms with Crippen molar-refractivity contribution in [3.63, 3.8) is 0 Å². The van der Waals surface area contributed by atoms with Gasteiger partial charge < -0.3 is 10.1 Å². The molecule has 1 aliphatic carbocycles. The van der Waals surface area contributed by atoms with E-state index in [1.807, 2.05) is 0 Å². The van der Waals surface area contributed by atoms with Crippen LogP contribution >= 0.6 is 0 Å². The van der Waals surface area contributed by atoms with Crippen LogP contribution in [0.5, 0.6) is 5.88 Å². The highest BCUT2D eigenvalue weighted by Crippen LogP contribution is 2.46. The number of halogens is 1. The van der Waals surface area contributed by atoms with Gasteiger partial charge in [-0.15, -0.1) is 0 Å². The summed E-state index contributed by atoms with van der Waals surface area (Å²) in [4.78, 5) is 19.9. The van der Waals surface area contributed by atoms with Crippen molar-refractivity contribution in [1.29, 1.82) is 0 Å². The molecule has 1 aromatic carbocycles. The summed E-state index contributed by atoms with van der Waals surface area (Å²) in [5, 5.41) is 5.42. The van der Waals surface area contributed by atoms with Gasteiger partial charge >= 0.3 is 6.03 Å². The summed E-state index contributed by atoms with van der Waals surface area (Å²) in [6.07, 6.45) is 2.70. The molecule has 114 valence electrons. The summed E-state index contributed by atoms with van der Waals surface area (Å²) in [7, 11) is 1.48. The number of ether oxygens (including phenoxy) is 1. The van der Waals surface area contributed by atoms with Crippen LogP contribution in [0.1, 0.15) is 18.4 Å². The van der Waals surface area contributed by atoms with Gasteiger partial charge in [0, 0.05) is 11.6 Å². The maximum Gasteiger partial charge on any atom is 0.321 e. The Bertz CT molecular complexity index is 703. The third-order valence-corrected chi connectivity index (χ3v) is 3.58. The highest BCUT2D eigenvalue weighted by molar-refractivity contribution is 5.89. The lowest BCUT2D eigenvalue weighted by atomic mass is 10.0. The van der Waals surface area contributed by atoms with Crippen LogP contribution in [0.2, 0.25) is 0 Å². The summed E-state index contributed by atoms with van der Waals surface area (Å²) in [5.41, 5.74) is -0.127. The van der Waals surface area contributed by atoms with Gasteiger partial charge in [-0.25, -0.2) is 19.2 Å². The largest absolute Gasteiger partial charge is 0.481 e. The van der Waals surface area contributed by atoms with E-state index in [0.29, 0.717) is 30.1 Å².